The summed E-state index contributed by atoms with van der Waals surface area (Å²) in [6.45, 7) is 3.61. The van der Waals surface area contributed by atoms with Gasteiger partial charge in [0.15, 0.2) is 5.11 Å². The van der Waals surface area contributed by atoms with E-state index in [2.05, 4.69) is 10.7 Å². The Morgan fingerprint density at radius 1 is 1.52 bits per heavy atom. The Morgan fingerprint density at radius 2 is 2.24 bits per heavy atom. The molecule has 0 bridgehead atoms. The van der Waals surface area contributed by atoms with Crippen molar-refractivity contribution in [3.8, 4) is 0 Å². The molecule has 116 valence electrons. The summed E-state index contributed by atoms with van der Waals surface area (Å²) in [6.07, 6.45) is 1.90. The molecule has 0 unspecified atom stereocenters. The molecule has 0 aromatic heterocycles. The summed E-state index contributed by atoms with van der Waals surface area (Å²) in [4.78, 5) is 25.0. The number of hydrogen-bond donors (Lipinski definition) is 2. The highest BCUT2D eigenvalue weighted by Crippen LogP contribution is 2.52. The topological polar surface area (TPSA) is 79.9 Å². The van der Waals surface area contributed by atoms with Crippen LogP contribution in [-0.4, -0.2) is 46.5 Å². The van der Waals surface area contributed by atoms with Crippen LogP contribution in [0.4, 0.5) is 0 Å². The highest BCUT2D eigenvalue weighted by Gasteiger charge is 2.74. The van der Waals surface area contributed by atoms with Crippen molar-refractivity contribution in [1.82, 2.24) is 15.8 Å². The lowest BCUT2D eigenvalue weighted by molar-refractivity contribution is -0.163. The number of ether oxygens (including phenoxy) is 2. The lowest BCUT2D eigenvalue weighted by Gasteiger charge is -2.31. The van der Waals surface area contributed by atoms with Gasteiger partial charge in [-0.1, -0.05) is 6.42 Å². The molecule has 0 aromatic rings. The molecule has 21 heavy (non-hydrogen) atoms. The van der Waals surface area contributed by atoms with Gasteiger partial charge in [-0.2, -0.15) is 0 Å². The summed E-state index contributed by atoms with van der Waals surface area (Å²) >= 11 is 5.17. The van der Waals surface area contributed by atoms with E-state index < -0.39 is 11.3 Å². The summed E-state index contributed by atoms with van der Waals surface area (Å²) in [7, 11) is 1.46. The van der Waals surface area contributed by atoms with E-state index in [0.717, 1.165) is 6.42 Å². The van der Waals surface area contributed by atoms with E-state index in [0.29, 0.717) is 12.8 Å². The molecule has 7 nitrogen and oxygen atoms in total. The number of hydrogen-bond acceptors (Lipinski definition) is 6. The lowest BCUT2D eigenvalue weighted by atomic mass is 9.81. The van der Waals surface area contributed by atoms with Gasteiger partial charge in [0.1, 0.15) is 5.54 Å². The Morgan fingerprint density at radius 3 is 2.86 bits per heavy atom. The molecule has 0 aromatic carbocycles. The average molecular weight is 313 g/mol. The third-order valence-corrected chi connectivity index (χ3v) is 4.83. The lowest BCUT2D eigenvalue weighted by Crippen LogP contribution is -2.55. The highest BCUT2D eigenvalue weighted by molar-refractivity contribution is 7.80. The van der Waals surface area contributed by atoms with Crippen LogP contribution in [0.2, 0.25) is 0 Å². The zero-order valence-electron chi connectivity index (χ0n) is 12.3. The number of nitrogens with zero attached hydrogens (tertiary/aromatic N) is 1. The molecule has 2 saturated heterocycles. The zero-order valence-corrected chi connectivity index (χ0v) is 13.1. The molecule has 8 heteroatoms. The van der Waals surface area contributed by atoms with Gasteiger partial charge in [0.05, 0.1) is 6.10 Å². The van der Waals surface area contributed by atoms with Gasteiger partial charge in [0.2, 0.25) is 5.72 Å². The number of carbonyl (C=O) groups excluding carboxylic acids is 2. The van der Waals surface area contributed by atoms with Crippen molar-refractivity contribution >= 4 is 29.2 Å². The van der Waals surface area contributed by atoms with E-state index in [9.17, 15) is 9.59 Å². The average Bonchev–Trinajstić information content (AvgIpc) is 2.99. The Kier molecular flexibility index (Phi) is 3.23. The first-order valence-electron chi connectivity index (χ1n) is 7.08. The minimum Gasteiger partial charge on any atom is -0.462 e. The van der Waals surface area contributed by atoms with Gasteiger partial charge in [-0.25, -0.2) is 15.2 Å². The van der Waals surface area contributed by atoms with Gasteiger partial charge in [0, 0.05) is 13.0 Å². The van der Waals surface area contributed by atoms with Crippen LogP contribution >= 0.6 is 12.2 Å². The quantitative estimate of drug-likeness (QED) is 0.563. The normalized spacial score (nSPS) is 37.7. The van der Waals surface area contributed by atoms with Crippen LogP contribution in [-0.2, 0) is 19.1 Å². The second-order valence-electron chi connectivity index (χ2n) is 5.98. The summed E-state index contributed by atoms with van der Waals surface area (Å²) in [5.74, 6) is -1.00. The van der Waals surface area contributed by atoms with Gasteiger partial charge in [-0.15, -0.1) is 0 Å². The van der Waals surface area contributed by atoms with Gasteiger partial charge in [-0.3, -0.25) is 10.1 Å². The fourth-order valence-electron chi connectivity index (χ4n) is 3.75. The second-order valence-corrected chi connectivity index (χ2v) is 6.36. The Balaban J connectivity index is 2.03. The molecule has 1 amide bonds. The molecular formula is C13H19N3O4S. The van der Waals surface area contributed by atoms with E-state index in [1.54, 1.807) is 13.8 Å². The third-order valence-electron chi connectivity index (χ3n) is 4.54. The summed E-state index contributed by atoms with van der Waals surface area (Å²) < 4.78 is 11.0. The number of carbonyl (C=O) groups is 2. The third kappa shape index (κ3) is 1.69. The summed E-state index contributed by atoms with van der Waals surface area (Å²) in [5.41, 5.74) is 0.912. The van der Waals surface area contributed by atoms with Crippen molar-refractivity contribution in [1.29, 1.82) is 0 Å². The minimum absolute atomic E-state index is 0.218. The number of amides is 1. The van der Waals surface area contributed by atoms with Crippen molar-refractivity contribution < 1.29 is 19.1 Å². The minimum atomic E-state index is -1.26. The predicted octanol–water partition coefficient (Wildman–Crippen LogP) is 0.0545. The van der Waals surface area contributed by atoms with Crippen LogP contribution in [0.5, 0.6) is 0 Å². The van der Waals surface area contributed by atoms with Crippen LogP contribution in [0.15, 0.2) is 0 Å². The maximum absolute atomic E-state index is 12.6. The van der Waals surface area contributed by atoms with Crippen LogP contribution in [0.1, 0.15) is 33.1 Å². The number of rotatable bonds is 3. The molecule has 3 rings (SSSR count). The molecule has 2 heterocycles. The Bertz CT molecular complexity index is 526. The number of methoxy groups -OCH3 is 1. The second kappa shape index (κ2) is 4.62. The van der Waals surface area contributed by atoms with E-state index in [4.69, 9.17) is 21.7 Å². The standard InChI is InChI=1S/C13H19N3O4S/c1-7(2)20-10(18)12-6-4-5-8(12)13(19-3)9(17)14-11(21)16(13)15-12/h7-8,15H,4-6H2,1-3H3,(H,14,17,21)/t8-,12+,13+/m1/s1. The molecule has 0 radical (unpaired) electrons. The first kappa shape index (κ1) is 14.7. The first-order valence-corrected chi connectivity index (χ1v) is 7.49. The number of nitrogens with one attached hydrogen (secondary N) is 2. The van der Waals surface area contributed by atoms with E-state index in [1.807, 2.05) is 0 Å². The fraction of sp³-hybridized carbons (Fsp3) is 0.769. The van der Waals surface area contributed by atoms with Gasteiger partial charge in [0.25, 0.3) is 5.91 Å². The molecule has 0 spiro atoms. The van der Waals surface area contributed by atoms with Crippen molar-refractivity contribution in [2.75, 3.05) is 7.11 Å². The first-order chi connectivity index (χ1) is 9.88. The fourth-order valence-corrected chi connectivity index (χ4v) is 4.02. The number of hydrazine groups is 1. The number of esters is 1. The molecule has 3 aliphatic rings. The van der Waals surface area contributed by atoms with Crippen LogP contribution in [0.3, 0.4) is 0 Å². The van der Waals surface area contributed by atoms with Crippen molar-refractivity contribution in [3.63, 3.8) is 0 Å². The Hall–Kier alpha value is -1.25. The Labute approximate surface area is 128 Å². The van der Waals surface area contributed by atoms with Crippen molar-refractivity contribution in [3.05, 3.63) is 0 Å². The monoisotopic (exact) mass is 313 g/mol. The van der Waals surface area contributed by atoms with E-state index in [1.165, 1.54) is 12.1 Å². The predicted molar refractivity (Wildman–Crippen MR) is 76.8 cm³/mol. The summed E-state index contributed by atoms with van der Waals surface area (Å²) in [5, 5.41) is 4.31. The molecule has 1 aliphatic carbocycles. The maximum Gasteiger partial charge on any atom is 0.328 e. The van der Waals surface area contributed by atoms with Crippen molar-refractivity contribution in [2.24, 2.45) is 5.92 Å². The smallest absolute Gasteiger partial charge is 0.328 e. The molecule has 2 aliphatic heterocycles. The van der Waals surface area contributed by atoms with E-state index >= 15 is 0 Å². The highest BCUT2D eigenvalue weighted by atomic mass is 32.1. The van der Waals surface area contributed by atoms with Crippen molar-refractivity contribution in [2.45, 2.75) is 50.5 Å². The largest absolute Gasteiger partial charge is 0.462 e. The number of thiocarbonyl (C=S) groups is 1. The van der Waals surface area contributed by atoms with Crippen LogP contribution in [0.25, 0.3) is 0 Å². The molecule has 3 atom stereocenters. The SMILES string of the molecule is CO[C@@]12C(=O)NC(=S)N1N[C@@]1(C(=O)OC(C)C)CCC[C@@H]21. The van der Waals surface area contributed by atoms with Gasteiger partial charge < -0.3 is 9.47 Å². The molecular weight excluding hydrogens is 294 g/mol. The van der Waals surface area contributed by atoms with Crippen LogP contribution < -0.4 is 10.7 Å². The maximum atomic E-state index is 12.6. The zero-order chi connectivity index (χ0) is 15.4. The van der Waals surface area contributed by atoms with E-state index in [-0.39, 0.29) is 29.0 Å². The molecule has 3 fully saturated rings. The van der Waals surface area contributed by atoms with Gasteiger partial charge in [-0.05, 0) is 38.9 Å². The summed E-state index contributed by atoms with van der Waals surface area (Å²) in [6, 6.07) is 0. The number of fused-ring (bicyclic) bond motifs is 3. The van der Waals surface area contributed by atoms with Gasteiger partial charge >= 0.3 is 5.97 Å². The molecule has 2 N–H and O–H groups in total. The molecule has 1 saturated carbocycles. The van der Waals surface area contributed by atoms with Crippen LogP contribution in [0, 0.1) is 5.92 Å².